The molecule has 1 heteroatoms. The van der Waals surface area contributed by atoms with Crippen molar-refractivity contribution in [3.05, 3.63) is 40.9 Å². The van der Waals surface area contributed by atoms with E-state index in [0.29, 0.717) is 0 Å². The Labute approximate surface area is 65.1 Å². The van der Waals surface area contributed by atoms with Crippen LogP contribution in [0, 0.1) is 0 Å². The maximum atomic E-state index is 5.77. The fourth-order valence-electron chi connectivity index (χ4n) is 1.01. The van der Waals surface area contributed by atoms with Crippen molar-refractivity contribution in [2.75, 3.05) is 0 Å². The summed E-state index contributed by atoms with van der Waals surface area (Å²) < 4.78 is 0. The van der Waals surface area contributed by atoms with Crippen molar-refractivity contribution >= 4 is 17.2 Å². The Morgan fingerprint density at radius 2 is 1.70 bits per heavy atom. The van der Waals surface area contributed by atoms with Gasteiger partial charge in [0.25, 0.3) is 0 Å². The van der Waals surface area contributed by atoms with Gasteiger partial charge in [-0.2, -0.15) is 0 Å². The summed E-state index contributed by atoms with van der Waals surface area (Å²) in [4.78, 5) is 0. The van der Waals surface area contributed by atoms with Crippen LogP contribution in [0.25, 0.3) is 5.57 Å². The average molecular weight is 151 g/mol. The molecule has 0 heterocycles. The Balaban J connectivity index is 2.37. The molecule has 1 aliphatic rings. The molecular weight excluding hydrogens is 144 g/mol. The van der Waals surface area contributed by atoms with Crippen molar-refractivity contribution in [1.29, 1.82) is 0 Å². The molecule has 0 N–H and O–H groups in total. The zero-order valence-corrected chi connectivity index (χ0v) is 6.23. The molecule has 0 nitrogen and oxygen atoms in total. The molecule has 1 aromatic rings. The van der Waals surface area contributed by atoms with Crippen LogP contribution < -0.4 is 0 Å². The number of halogens is 1. The summed E-state index contributed by atoms with van der Waals surface area (Å²) in [6.45, 7) is 0. The van der Waals surface area contributed by atoms with Crippen molar-refractivity contribution in [2.24, 2.45) is 0 Å². The van der Waals surface area contributed by atoms with E-state index >= 15 is 0 Å². The predicted molar refractivity (Wildman–Crippen MR) is 43.8 cm³/mol. The normalized spacial score (nSPS) is 15.7. The van der Waals surface area contributed by atoms with E-state index < -0.39 is 0 Å². The van der Waals surface area contributed by atoms with Gasteiger partial charge in [-0.3, -0.25) is 0 Å². The van der Waals surface area contributed by atoms with Gasteiger partial charge >= 0.3 is 0 Å². The molecule has 0 fully saturated rings. The molecule has 0 aromatic heterocycles. The number of hydrogen-bond donors (Lipinski definition) is 0. The van der Waals surface area contributed by atoms with E-state index in [4.69, 9.17) is 11.6 Å². The van der Waals surface area contributed by atoms with Crippen molar-refractivity contribution < 1.29 is 0 Å². The number of hydrogen-bond acceptors (Lipinski definition) is 0. The molecular formula is C9H7Cl. The lowest BCUT2D eigenvalue weighted by atomic mass is 10.2. The summed E-state index contributed by atoms with van der Waals surface area (Å²) in [7, 11) is 0. The van der Waals surface area contributed by atoms with E-state index in [1.807, 2.05) is 18.2 Å². The van der Waals surface area contributed by atoms with E-state index in [9.17, 15) is 0 Å². The topological polar surface area (TPSA) is 0 Å². The van der Waals surface area contributed by atoms with Gasteiger partial charge < -0.3 is 0 Å². The second-order valence-electron chi connectivity index (χ2n) is 2.43. The lowest BCUT2D eigenvalue weighted by molar-refractivity contribution is 1.59. The zero-order valence-electron chi connectivity index (χ0n) is 5.47. The van der Waals surface area contributed by atoms with E-state index in [0.717, 1.165) is 11.5 Å². The fourth-order valence-corrected chi connectivity index (χ4v) is 1.25. The largest absolute Gasteiger partial charge is 0.0885 e. The van der Waals surface area contributed by atoms with E-state index in [2.05, 4.69) is 12.1 Å². The number of rotatable bonds is 1. The molecule has 0 unspecified atom stereocenters. The molecule has 0 bridgehead atoms. The van der Waals surface area contributed by atoms with Crippen LogP contribution in [0.4, 0.5) is 0 Å². The molecule has 10 heavy (non-hydrogen) atoms. The van der Waals surface area contributed by atoms with Gasteiger partial charge in [0.15, 0.2) is 0 Å². The first-order valence-corrected chi connectivity index (χ1v) is 3.68. The van der Waals surface area contributed by atoms with Crippen LogP contribution in [0.3, 0.4) is 0 Å². The Kier molecular flexibility index (Phi) is 1.28. The van der Waals surface area contributed by atoms with E-state index in [1.54, 1.807) is 0 Å². The molecule has 0 spiro atoms. The fraction of sp³-hybridized carbons (Fsp3) is 0.111. The number of benzene rings is 1. The molecule has 0 amide bonds. The highest BCUT2D eigenvalue weighted by molar-refractivity contribution is 6.37. The highest BCUT2D eigenvalue weighted by atomic mass is 35.5. The highest BCUT2D eigenvalue weighted by Crippen LogP contribution is 2.42. The summed E-state index contributed by atoms with van der Waals surface area (Å²) in [6, 6.07) is 10.3. The molecule has 1 aromatic carbocycles. The third-order valence-corrected chi connectivity index (χ3v) is 2.02. The smallest absolute Gasteiger partial charge is 0.0267 e. The minimum absolute atomic E-state index is 0.992. The maximum Gasteiger partial charge on any atom is 0.0267 e. The molecule has 0 atom stereocenters. The van der Waals surface area contributed by atoms with E-state index in [1.165, 1.54) is 11.1 Å². The van der Waals surface area contributed by atoms with Gasteiger partial charge in [0.2, 0.25) is 0 Å². The van der Waals surface area contributed by atoms with Crippen molar-refractivity contribution in [2.45, 2.75) is 6.42 Å². The van der Waals surface area contributed by atoms with Crippen LogP contribution in [-0.4, -0.2) is 0 Å². The lowest BCUT2D eigenvalue weighted by Gasteiger charge is -1.88. The standard InChI is InChI=1S/C9H7Cl/c10-9-6-8(9)7-4-2-1-3-5-7/h1-5H,6H2. The van der Waals surface area contributed by atoms with E-state index in [-0.39, 0.29) is 0 Å². The number of allylic oxidation sites excluding steroid dienone is 2. The zero-order chi connectivity index (χ0) is 6.97. The molecule has 0 radical (unpaired) electrons. The third-order valence-electron chi connectivity index (χ3n) is 1.66. The monoisotopic (exact) mass is 150 g/mol. The highest BCUT2D eigenvalue weighted by Gasteiger charge is 2.19. The minimum Gasteiger partial charge on any atom is -0.0885 e. The average Bonchev–Trinajstić information content (AvgIpc) is 2.69. The van der Waals surface area contributed by atoms with Crippen LogP contribution in [0.2, 0.25) is 0 Å². The minimum atomic E-state index is 0.992. The van der Waals surface area contributed by atoms with Gasteiger partial charge in [-0.15, -0.1) is 0 Å². The maximum absolute atomic E-state index is 5.77. The second-order valence-corrected chi connectivity index (χ2v) is 2.88. The van der Waals surface area contributed by atoms with Gasteiger partial charge in [-0.1, -0.05) is 41.9 Å². The summed E-state index contributed by atoms with van der Waals surface area (Å²) >= 11 is 5.77. The first kappa shape index (κ1) is 5.99. The summed E-state index contributed by atoms with van der Waals surface area (Å²) in [5.74, 6) is 0. The van der Waals surface area contributed by atoms with Crippen molar-refractivity contribution in [3.63, 3.8) is 0 Å². The summed E-state index contributed by atoms with van der Waals surface area (Å²) in [5.41, 5.74) is 2.58. The Morgan fingerprint density at radius 3 is 2.20 bits per heavy atom. The van der Waals surface area contributed by atoms with Crippen molar-refractivity contribution in [1.82, 2.24) is 0 Å². The Bertz CT molecular complexity index is 272. The Hall–Kier alpha value is -0.750. The van der Waals surface area contributed by atoms with Crippen LogP contribution in [-0.2, 0) is 0 Å². The van der Waals surface area contributed by atoms with Crippen LogP contribution in [0.5, 0.6) is 0 Å². The second kappa shape index (κ2) is 2.14. The molecule has 0 saturated heterocycles. The van der Waals surface area contributed by atoms with Crippen molar-refractivity contribution in [3.8, 4) is 0 Å². The van der Waals surface area contributed by atoms with Gasteiger partial charge in [0.05, 0.1) is 0 Å². The molecule has 1 aliphatic carbocycles. The van der Waals surface area contributed by atoms with Gasteiger partial charge in [-0.05, 0) is 11.1 Å². The lowest BCUT2D eigenvalue weighted by Crippen LogP contribution is -1.68. The van der Waals surface area contributed by atoms with Gasteiger partial charge in [0, 0.05) is 11.5 Å². The third kappa shape index (κ3) is 0.952. The molecule has 50 valence electrons. The van der Waals surface area contributed by atoms with Crippen LogP contribution in [0.1, 0.15) is 12.0 Å². The first-order valence-electron chi connectivity index (χ1n) is 3.31. The summed E-state index contributed by atoms with van der Waals surface area (Å²) in [5, 5.41) is 1.02. The first-order chi connectivity index (χ1) is 4.88. The van der Waals surface area contributed by atoms with Crippen LogP contribution >= 0.6 is 11.6 Å². The van der Waals surface area contributed by atoms with Gasteiger partial charge in [-0.25, -0.2) is 0 Å². The molecule has 2 rings (SSSR count). The van der Waals surface area contributed by atoms with Gasteiger partial charge in [0.1, 0.15) is 0 Å². The predicted octanol–water partition coefficient (Wildman–Crippen LogP) is 3.04. The quantitative estimate of drug-likeness (QED) is 0.577. The Morgan fingerprint density at radius 1 is 1.10 bits per heavy atom. The molecule has 0 aliphatic heterocycles. The SMILES string of the molecule is ClC1=C(c2ccccc2)C1. The molecule has 0 saturated carbocycles. The van der Waals surface area contributed by atoms with Crippen LogP contribution in [0.15, 0.2) is 35.4 Å². The summed E-state index contributed by atoms with van der Waals surface area (Å²) in [6.07, 6.45) is 0.992.